The Bertz CT molecular complexity index is 426. The van der Waals surface area contributed by atoms with Crippen LogP contribution in [0.25, 0.3) is 0 Å². The maximum absolute atomic E-state index is 12.6. The predicted octanol–water partition coefficient (Wildman–Crippen LogP) is 1.97. The smallest absolute Gasteiger partial charge is 0.395 e. The van der Waals surface area contributed by atoms with Gasteiger partial charge in [0.15, 0.2) is 0 Å². The van der Waals surface area contributed by atoms with Gasteiger partial charge in [0.2, 0.25) is 5.95 Å². The third kappa shape index (κ3) is 5.20. The van der Waals surface area contributed by atoms with Crippen LogP contribution >= 0.6 is 0 Å². The molecule has 20 heavy (non-hydrogen) atoms. The first-order valence-corrected chi connectivity index (χ1v) is 6.37. The van der Waals surface area contributed by atoms with Gasteiger partial charge in [-0.25, -0.2) is 4.98 Å². The van der Waals surface area contributed by atoms with E-state index in [1.807, 2.05) is 6.92 Å². The normalized spacial score (nSPS) is 11.5. The minimum Gasteiger partial charge on any atom is -0.395 e. The van der Waals surface area contributed by atoms with E-state index in [2.05, 4.69) is 15.3 Å². The molecule has 0 atom stereocenters. The Morgan fingerprint density at radius 1 is 1.40 bits per heavy atom. The van der Waals surface area contributed by atoms with Crippen molar-refractivity contribution in [1.29, 1.82) is 0 Å². The molecule has 0 saturated heterocycles. The molecular weight excluding hydrogens is 273 g/mol. The Morgan fingerprint density at radius 2 is 2.10 bits per heavy atom. The Hall–Kier alpha value is -1.57. The van der Waals surface area contributed by atoms with Crippen LogP contribution in [-0.2, 0) is 0 Å². The van der Waals surface area contributed by atoms with Gasteiger partial charge in [-0.3, -0.25) is 0 Å². The van der Waals surface area contributed by atoms with Crippen molar-refractivity contribution in [3.05, 3.63) is 11.8 Å². The molecule has 0 aliphatic carbocycles. The van der Waals surface area contributed by atoms with E-state index in [9.17, 15) is 13.2 Å². The predicted molar refractivity (Wildman–Crippen MR) is 70.9 cm³/mol. The van der Waals surface area contributed by atoms with Gasteiger partial charge >= 0.3 is 6.18 Å². The third-order valence-electron chi connectivity index (χ3n) is 2.52. The van der Waals surface area contributed by atoms with Crippen molar-refractivity contribution in [2.75, 3.05) is 36.5 Å². The number of aromatic nitrogens is 2. The van der Waals surface area contributed by atoms with Gasteiger partial charge in [-0.15, -0.1) is 0 Å². The maximum atomic E-state index is 12.6. The molecule has 2 N–H and O–H groups in total. The molecule has 1 aromatic rings. The molecular formula is C12H19F3N4O. The molecule has 1 aromatic heterocycles. The van der Waals surface area contributed by atoms with Crippen LogP contribution in [-0.4, -0.2) is 47.5 Å². The summed E-state index contributed by atoms with van der Waals surface area (Å²) < 4.78 is 37.7. The van der Waals surface area contributed by atoms with Crippen LogP contribution < -0.4 is 10.2 Å². The van der Waals surface area contributed by atoms with Crippen LogP contribution in [0.5, 0.6) is 0 Å². The average Bonchev–Trinajstić information content (AvgIpc) is 2.36. The molecule has 1 heterocycles. The van der Waals surface area contributed by atoms with E-state index in [-0.39, 0.29) is 24.9 Å². The van der Waals surface area contributed by atoms with Gasteiger partial charge in [-0.2, -0.15) is 18.2 Å². The summed E-state index contributed by atoms with van der Waals surface area (Å²) >= 11 is 0. The molecule has 0 fully saturated rings. The Kier molecular flexibility index (Phi) is 6.00. The molecule has 8 heteroatoms. The molecule has 0 aromatic carbocycles. The lowest BCUT2D eigenvalue weighted by Gasteiger charge is -2.25. The van der Waals surface area contributed by atoms with E-state index in [1.54, 1.807) is 6.92 Å². The number of aryl methyl sites for hydroxylation is 1. The van der Waals surface area contributed by atoms with Gasteiger partial charge in [-0.1, -0.05) is 6.92 Å². The average molecular weight is 292 g/mol. The summed E-state index contributed by atoms with van der Waals surface area (Å²) in [4.78, 5) is 9.14. The van der Waals surface area contributed by atoms with Gasteiger partial charge in [0.05, 0.1) is 6.61 Å². The van der Waals surface area contributed by atoms with Crippen molar-refractivity contribution < 1.29 is 18.3 Å². The zero-order valence-electron chi connectivity index (χ0n) is 11.5. The highest BCUT2D eigenvalue weighted by Crippen LogP contribution is 2.23. The number of hydrogen-bond donors (Lipinski definition) is 2. The summed E-state index contributed by atoms with van der Waals surface area (Å²) in [6.45, 7) is 2.58. The highest BCUT2D eigenvalue weighted by Gasteiger charge is 2.31. The SMILES string of the molecule is CCCNc1ncc(C)c(N(CCO)CC(F)(F)F)n1. The minimum atomic E-state index is -4.36. The van der Waals surface area contributed by atoms with E-state index in [0.717, 1.165) is 11.3 Å². The third-order valence-corrected chi connectivity index (χ3v) is 2.52. The highest BCUT2D eigenvalue weighted by molar-refractivity contribution is 5.49. The summed E-state index contributed by atoms with van der Waals surface area (Å²) in [5.41, 5.74) is 0.532. The fourth-order valence-electron chi connectivity index (χ4n) is 1.67. The fourth-order valence-corrected chi connectivity index (χ4v) is 1.67. The molecule has 0 radical (unpaired) electrons. The summed E-state index contributed by atoms with van der Waals surface area (Å²) in [5, 5.41) is 11.9. The molecule has 0 aliphatic heterocycles. The molecule has 114 valence electrons. The topological polar surface area (TPSA) is 61.3 Å². The number of nitrogens with one attached hydrogen (secondary N) is 1. The Balaban J connectivity index is 2.98. The Labute approximate surface area is 115 Å². The number of rotatable bonds is 7. The first-order chi connectivity index (χ1) is 9.37. The Morgan fingerprint density at radius 3 is 2.65 bits per heavy atom. The van der Waals surface area contributed by atoms with Gasteiger partial charge in [0.1, 0.15) is 12.4 Å². The van der Waals surface area contributed by atoms with Gasteiger partial charge in [0.25, 0.3) is 0 Å². The second-order valence-electron chi connectivity index (χ2n) is 4.39. The van der Waals surface area contributed by atoms with E-state index >= 15 is 0 Å². The number of hydrogen-bond acceptors (Lipinski definition) is 5. The molecule has 1 rings (SSSR count). The van der Waals surface area contributed by atoms with Crippen LogP contribution in [0.1, 0.15) is 18.9 Å². The first-order valence-electron chi connectivity index (χ1n) is 6.37. The number of anilines is 2. The molecule has 5 nitrogen and oxygen atoms in total. The number of halogens is 3. The first kappa shape index (κ1) is 16.5. The van der Waals surface area contributed by atoms with E-state index in [0.29, 0.717) is 12.1 Å². The van der Waals surface area contributed by atoms with E-state index in [1.165, 1.54) is 6.20 Å². The monoisotopic (exact) mass is 292 g/mol. The minimum absolute atomic E-state index is 0.134. The number of aliphatic hydroxyl groups is 1. The van der Waals surface area contributed by atoms with Crippen molar-refractivity contribution in [3.63, 3.8) is 0 Å². The zero-order valence-corrected chi connectivity index (χ0v) is 11.5. The maximum Gasteiger partial charge on any atom is 0.405 e. The molecule has 0 aliphatic rings. The molecule has 0 saturated carbocycles. The zero-order chi connectivity index (χ0) is 15.2. The largest absolute Gasteiger partial charge is 0.405 e. The van der Waals surface area contributed by atoms with Crippen LogP contribution in [0, 0.1) is 6.92 Å². The lowest BCUT2D eigenvalue weighted by atomic mass is 10.3. The van der Waals surface area contributed by atoms with Crippen LogP contribution in [0.4, 0.5) is 24.9 Å². The van der Waals surface area contributed by atoms with Crippen LogP contribution in [0.15, 0.2) is 6.20 Å². The fraction of sp³-hybridized carbons (Fsp3) is 0.667. The van der Waals surface area contributed by atoms with Crippen LogP contribution in [0.2, 0.25) is 0 Å². The summed E-state index contributed by atoms with van der Waals surface area (Å²) in [6.07, 6.45) is -2.03. The van der Waals surface area contributed by atoms with Crippen molar-refractivity contribution in [2.45, 2.75) is 26.4 Å². The molecule has 0 amide bonds. The van der Waals surface area contributed by atoms with Crippen molar-refractivity contribution in [1.82, 2.24) is 9.97 Å². The van der Waals surface area contributed by atoms with Crippen molar-refractivity contribution in [3.8, 4) is 0 Å². The standard InChI is InChI=1S/C12H19F3N4O/c1-3-4-16-11-17-7-9(2)10(18-11)19(5-6-20)8-12(13,14)15/h7,20H,3-6,8H2,1-2H3,(H,16,17,18). The van der Waals surface area contributed by atoms with Gasteiger partial charge < -0.3 is 15.3 Å². The summed E-state index contributed by atoms with van der Waals surface area (Å²) in [5.74, 6) is 0.475. The van der Waals surface area contributed by atoms with E-state index < -0.39 is 12.7 Å². The van der Waals surface area contributed by atoms with Crippen molar-refractivity contribution >= 4 is 11.8 Å². The lowest BCUT2D eigenvalue weighted by Crippen LogP contribution is -2.37. The molecule has 0 unspecified atom stereocenters. The number of aliphatic hydroxyl groups excluding tert-OH is 1. The quantitative estimate of drug-likeness (QED) is 0.804. The van der Waals surface area contributed by atoms with Gasteiger partial charge in [-0.05, 0) is 13.3 Å². The second kappa shape index (κ2) is 7.28. The second-order valence-corrected chi connectivity index (χ2v) is 4.39. The van der Waals surface area contributed by atoms with Crippen LogP contribution in [0.3, 0.4) is 0 Å². The van der Waals surface area contributed by atoms with Gasteiger partial charge in [0, 0.05) is 24.8 Å². The summed E-state index contributed by atoms with van der Waals surface area (Å²) in [7, 11) is 0. The number of alkyl halides is 3. The molecule has 0 bridgehead atoms. The number of nitrogens with zero attached hydrogens (tertiary/aromatic N) is 3. The lowest BCUT2D eigenvalue weighted by molar-refractivity contribution is -0.120. The van der Waals surface area contributed by atoms with Crippen molar-refractivity contribution in [2.24, 2.45) is 0 Å². The highest BCUT2D eigenvalue weighted by atomic mass is 19.4. The van der Waals surface area contributed by atoms with E-state index in [4.69, 9.17) is 5.11 Å². The summed E-state index contributed by atoms with van der Waals surface area (Å²) in [6, 6.07) is 0. The molecule has 0 spiro atoms.